The van der Waals surface area contributed by atoms with Gasteiger partial charge in [0.1, 0.15) is 0 Å². The summed E-state index contributed by atoms with van der Waals surface area (Å²) in [5.74, 6) is 0.137. The summed E-state index contributed by atoms with van der Waals surface area (Å²) in [6.45, 7) is 1.83. The van der Waals surface area contributed by atoms with Crippen LogP contribution >= 0.6 is 0 Å². The molecule has 5 heteroatoms. The van der Waals surface area contributed by atoms with Crippen LogP contribution in [0.3, 0.4) is 0 Å². The molecule has 0 radical (unpaired) electrons. The quantitative estimate of drug-likeness (QED) is 0.793. The molecule has 15 heavy (non-hydrogen) atoms. The summed E-state index contributed by atoms with van der Waals surface area (Å²) in [7, 11) is -1.71. The summed E-state index contributed by atoms with van der Waals surface area (Å²) in [6.07, 6.45) is 0.597. The maximum Gasteiger partial charge on any atom is 0.234 e. The van der Waals surface area contributed by atoms with E-state index < -0.39 is 10.0 Å². The van der Waals surface area contributed by atoms with Crippen molar-refractivity contribution in [2.24, 2.45) is 0 Å². The normalized spacial score (nSPS) is 11.3. The Morgan fingerprint density at radius 3 is 2.47 bits per heavy atom. The number of nitrogens with zero attached hydrogens (tertiary/aromatic N) is 1. The number of nitrogen functional groups attached to an aromatic ring is 1. The van der Waals surface area contributed by atoms with Crippen molar-refractivity contribution in [2.75, 3.05) is 22.8 Å². The van der Waals surface area contributed by atoms with Crippen molar-refractivity contribution < 1.29 is 8.42 Å². The number of benzene rings is 1. The zero-order chi connectivity index (χ0) is 11.5. The molecule has 4 nitrogen and oxygen atoms in total. The topological polar surface area (TPSA) is 63.4 Å². The average Bonchev–Trinajstić information content (AvgIpc) is 2.17. The van der Waals surface area contributed by atoms with Gasteiger partial charge < -0.3 is 5.73 Å². The lowest BCUT2D eigenvalue weighted by Crippen LogP contribution is -2.29. The fourth-order valence-corrected chi connectivity index (χ4v) is 2.57. The molecule has 0 aliphatic heterocycles. The second kappa shape index (κ2) is 4.53. The van der Waals surface area contributed by atoms with Gasteiger partial charge in [-0.2, -0.15) is 0 Å². The molecule has 0 aliphatic carbocycles. The molecule has 0 atom stereocenters. The summed E-state index contributed by atoms with van der Waals surface area (Å²) in [5.41, 5.74) is 6.71. The van der Waals surface area contributed by atoms with Crippen LogP contribution in [0.1, 0.15) is 13.3 Å². The fourth-order valence-electron chi connectivity index (χ4n) is 1.32. The Hall–Kier alpha value is -1.23. The number of anilines is 2. The van der Waals surface area contributed by atoms with Gasteiger partial charge in [0.15, 0.2) is 0 Å². The van der Waals surface area contributed by atoms with Crippen molar-refractivity contribution in [3.05, 3.63) is 24.3 Å². The minimum absolute atomic E-state index is 0.137. The molecule has 0 unspecified atom stereocenters. The third-order valence-corrected chi connectivity index (χ3v) is 4.11. The van der Waals surface area contributed by atoms with Gasteiger partial charge in [0.25, 0.3) is 0 Å². The van der Waals surface area contributed by atoms with E-state index in [0.29, 0.717) is 17.8 Å². The Morgan fingerprint density at radius 1 is 1.33 bits per heavy atom. The van der Waals surface area contributed by atoms with Crippen molar-refractivity contribution in [1.29, 1.82) is 0 Å². The van der Waals surface area contributed by atoms with Crippen LogP contribution in [0, 0.1) is 0 Å². The number of nitrogens with two attached hydrogens (primary N) is 1. The second-order valence-electron chi connectivity index (χ2n) is 3.34. The Morgan fingerprint density at radius 2 is 1.93 bits per heavy atom. The molecule has 0 heterocycles. The molecule has 2 N–H and O–H groups in total. The van der Waals surface area contributed by atoms with Gasteiger partial charge in [-0.3, -0.25) is 4.31 Å². The van der Waals surface area contributed by atoms with E-state index in [1.165, 1.54) is 11.4 Å². The summed E-state index contributed by atoms with van der Waals surface area (Å²) >= 11 is 0. The summed E-state index contributed by atoms with van der Waals surface area (Å²) < 4.78 is 24.7. The number of hydrogen-bond acceptors (Lipinski definition) is 3. The van der Waals surface area contributed by atoms with Crippen LogP contribution < -0.4 is 10.0 Å². The molecule has 0 amide bonds. The van der Waals surface area contributed by atoms with Gasteiger partial charge in [-0.1, -0.05) is 19.1 Å². The monoisotopic (exact) mass is 228 g/mol. The summed E-state index contributed by atoms with van der Waals surface area (Å²) in [5, 5.41) is 0. The second-order valence-corrected chi connectivity index (χ2v) is 5.46. The first-order valence-corrected chi connectivity index (χ1v) is 6.41. The Bertz CT molecular complexity index is 429. The van der Waals surface area contributed by atoms with E-state index in [-0.39, 0.29) is 5.75 Å². The molecule has 0 saturated carbocycles. The SMILES string of the molecule is CCCS(=O)(=O)N(C)c1ccccc1N. The highest BCUT2D eigenvalue weighted by molar-refractivity contribution is 7.92. The summed E-state index contributed by atoms with van der Waals surface area (Å²) in [6, 6.07) is 6.93. The number of sulfonamides is 1. The average molecular weight is 228 g/mol. The first-order chi connectivity index (χ1) is 6.99. The van der Waals surface area contributed by atoms with Gasteiger partial charge >= 0.3 is 0 Å². The third-order valence-electron chi connectivity index (χ3n) is 2.16. The van der Waals surface area contributed by atoms with Crippen LogP contribution in [-0.4, -0.2) is 21.2 Å². The minimum Gasteiger partial charge on any atom is -0.397 e. The van der Waals surface area contributed by atoms with Crippen LogP contribution in [0.4, 0.5) is 11.4 Å². The molecule has 0 aromatic heterocycles. The number of rotatable bonds is 4. The van der Waals surface area contributed by atoms with Gasteiger partial charge in [-0.25, -0.2) is 8.42 Å². The third kappa shape index (κ3) is 2.62. The largest absolute Gasteiger partial charge is 0.397 e. The lowest BCUT2D eigenvalue weighted by atomic mass is 10.3. The zero-order valence-corrected chi connectivity index (χ0v) is 9.79. The fraction of sp³-hybridized carbons (Fsp3) is 0.400. The highest BCUT2D eigenvalue weighted by atomic mass is 32.2. The summed E-state index contributed by atoms with van der Waals surface area (Å²) in [4.78, 5) is 0. The first kappa shape index (κ1) is 11.8. The highest BCUT2D eigenvalue weighted by Gasteiger charge is 2.18. The smallest absolute Gasteiger partial charge is 0.234 e. The van der Waals surface area contributed by atoms with Crippen molar-refractivity contribution in [3.63, 3.8) is 0 Å². The van der Waals surface area contributed by atoms with E-state index in [4.69, 9.17) is 5.73 Å². The Kier molecular flexibility index (Phi) is 3.57. The first-order valence-electron chi connectivity index (χ1n) is 4.80. The van der Waals surface area contributed by atoms with Crippen molar-refractivity contribution in [2.45, 2.75) is 13.3 Å². The van der Waals surface area contributed by atoms with Crippen LogP contribution in [0.5, 0.6) is 0 Å². The number of hydrogen-bond donors (Lipinski definition) is 1. The van der Waals surface area contributed by atoms with E-state index in [1.807, 2.05) is 6.92 Å². The van der Waals surface area contributed by atoms with Gasteiger partial charge in [0.2, 0.25) is 10.0 Å². The molecular weight excluding hydrogens is 212 g/mol. The van der Waals surface area contributed by atoms with Crippen LogP contribution in [0.25, 0.3) is 0 Å². The van der Waals surface area contributed by atoms with Gasteiger partial charge in [0.05, 0.1) is 17.1 Å². The molecule has 0 bridgehead atoms. The van der Waals surface area contributed by atoms with Crippen LogP contribution in [0.2, 0.25) is 0 Å². The van der Waals surface area contributed by atoms with Gasteiger partial charge in [-0.15, -0.1) is 0 Å². The van der Waals surface area contributed by atoms with Crippen molar-refractivity contribution in [3.8, 4) is 0 Å². The molecule has 1 aromatic rings. The van der Waals surface area contributed by atoms with E-state index in [9.17, 15) is 8.42 Å². The Labute approximate surface area is 90.8 Å². The van der Waals surface area contributed by atoms with Gasteiger partial charge in [-0.05, 0) is 18.6 Å². The molecule has 0 spiro atoms. The molecule has 84 valence electrons. The lowest BCUT2D eigenvalue weighted by Gasteiger charge is -2.20. The Balaban J connectivity index is 3.05. The highest BCUT2D eigenvalue weighted by Crippen LogP contribution is 2.23. The van der Waals surface area contributed by atoms with Crippen LogP contribution in [-0.2, 0) is 10.0 Å². The predicted octanol–water partition coefficient (Wildman–Crippen LogP) is 1.44. The van der Waals surface area contributed by atoms with Crippen molar-refractivity contribution in [1.82, 2.24) is 0 Å². The van der Waals surface area contributed by atoms with E-state index in [1.54, 1.807) is 24.3 Å². The molecule has 1 aromatic carbocycles. The van der Waals surface area contributed by atoms with E-state index in [2.05, 4.69) is 0 Å². The minimum atomic E-state index is -3.23. The molecular formula is C10H16N2O2S. The molecule has 1 rings (SSSR count). The number of para-hydroxylation sites is 2. The maximum absolute atomic E-state index is 11.8. The molecule has 0 saturated heterocycles. The maximum atomic E-state index is 11.8. The van der Waals surface area contributed by atoms with Gasteiger partial charge in [0, 0.05) is 7.05 Å². The molecule has 0 fully saturated rings. The standard InChI is InChI=1S/C10H16N2O2S/c1-3-8-15(13,14)12(2)10-7-5-4-6-9(10)11/h4-7H,3,8,11H2,1-2H3. The van der Waals surface area contributed by atoms with Crippen LogP contribution in [0.15, 0.2) is 24.3 Å². The van der Waals surface area contributed by atoms with Crippen molar-refractivity contribution >= 4 is 21.4 Å². The molecule has 0 aliphatic rings. The zero-order valence-electron chi connectivity index (χ0n) is 8.97. The van der Waals surface area contributed by atoms with E-state index in [0.717, 1.165) is 0 Å². The van der Waals surface area contributed by atoms with E-state index >= 15 is 0 Å². The lowest BCUT2D eigenvalue weighted by molar-refractivity contribution is 0.593. The predicted molar refractivity (Wildman–Crippen MR) is 63.3 cm³/mol.